The first-order chi connectivity index (χ1) is 17.6. The quantitative estimate of drug-likeness (QED) is 0.287. The Balaban J connectivity index is 2.03. The number of aliphatic hydroxyl groups excluding tert-OH is 1. The van der Waals surface area contributed by atoms with Crippen LogP contribution in [0.25, 0.3) is 11.3 Å². The van der Waals surface area contributed by atoms with Crippen LogP contribution in [0.15, 0.2) is 49.1 Å². The van der Waals surface area contributed by atoms with Crippen molar-refractivity contribution in [2.45, 2.75) is 72.1 Å². The van der Waals surface area contributed by atoms with Crippen molar-refractivity contribution in [3.8, 4) is 11.3 Å². The number of rotatable bonds is 12. The van der Waals surface area contributed by atoms with Crippen molar-refractivity contribution in [2.75, 3.05) is 11.9 Å². The summed E-state index contributed by atoms with van der Waals surface area (Å²) in [5.41, 5.74) is 0.655. The summed E-state index contributed by atoms with van der Waals surface area (Å²) >= 11 is 0. The second kappa shape index (κ2) is 12.1. The van der Waals surface area contributed by atoms with Crippen LogP contribution in [0.3, 0.4) is 0 Å². The zero-order chi connectivity index (χ0) is 27.1. The van der Waals surface area contributed by atoms with Gasteiger partial charge in [-0.3, -0.25) is 9.89 Å². The van der Waals surface area contributed by atoms with Crippen LogP contribution in [0.4, 0.5) is 10.6 Å². The number of H-pyrrole nitrogens is 1. The Bertz CT molecular complexity index is 1160. The molecule has 10 heteroatoms. The second-order valence-corrected chi connectivity index (χ2v) is 10.0. The predicted octanol–water partition coefficient (Wildman–Crippen LogP) is 4.28. The largest absolute Gasteiger partial charge is 0.450 e. The van der Waals surface area contributed by atoms with Gasteiger partial charge in [0.2, 0.25) is 0 Å². The molecule has 1 aromatic carbocycles. The molecule has 10 nitrogen and oxygen atoms in total. The maximum Gasteiger partial charge on any atom is 0.407 e. The lowest BCUT2D eigenvalue weighted by atomic mass is 9.65. The number of amides is 2. The normalized spacial score (nSPS) is 14.0. The molecule has 0 aliphatic rings. The second-order valence-electron chi connectivity index (χ2n) is 10.0. The van der Waals surface area contributed by atoms with E-state index in [9.17, 15) is 14.7 Å². The lowest BCUT2D eigenvalue weighted by molar-refractivity contribution is -0.134. The average molecular weight is 511 g/mol. The van der Waals surface area contributed by atoms with Crippen LogP contribution in [0, 0.1) is 12.3 Å². The zero-order valence-corrected chi connectivity index (χ0v) is 22.2. The molecule has 2 atom stereocenters. The van der Waals surface area contributed by atoms with E-state index in [1.54, 1.807) is 17.0 Å². The summed E-state index contributed by atoms with van der Waals surface area (Å²) in [6.07, 6.45) is 4.70. The lowest BCUT2D eigenvalue weighted by Gasteiger charge is -2.49. The lowest BCUT2D eigenvalue weighted by Crippen LogP contribution is -2.69. The molecular weight excluding hydrogens is 472 g/mol. The Morgan fingerprint density at radius 1 is 1.16 bits per heavy atom. The van der Waals surface area contributed by atoms with Gasteiger partial charge in [-0.25, -0.2) is 9.78 Å². The molecular formula is C27H38N6O4. The first kappa shape index (κ1) is 27.9. The average Bonchev–Trinajstić information content (AvgIpc) is 3.54. The van der Waals surface area contributed by atoms with Crippen molar-refractivity contribution in [3.05, 3.63) is 54.6 Å². The molecule has 0 aliphatic heterocycles. The van der Waals surface area contributed by atoms with Gasteiger partial charge in [0.15, 0.2) is 6.10 Å². The van der Waals surface area contributed by atoms with Crippen LogP contribution in [0.1, 0.15) is 52.5 Å². The molecule has 0 bridgehead atoms. The number of carbonyl (C=O) groups excluding carboxylic acids is 2. The molecule has 3 rings (SSSR count). The summed E-state index contributed by atoms with van der Waals surface area (Å²) in [6, 6.07) is 9.58. The predicted molar refractivity (Wildman–Crippen MR) is 142 cm³/mol. The minimum absolute atomic E-state index is 0.0810. The van der Waals surface area contributed by atoms with Gasteiger partial charge in [-0.1, -0.05) is 63.9 Å². The molecule has 2 amide bonds. The van der Waals surface area contributed by atoms with E-state index in [-0.39, 0.29) is 13.2 Å². The number of aromatic amines is 1. The molecule has 37 heavy (non-hydrogen) atoms. The van der Waals surface area contributed by atoms with Gasteiger partial charge < -0.3 is 25.0 Å². The number of benzene rings is 1. The number of hydrogen-bond donors (Lipinski definition) is 4. The molecule has 4 N–H and O–H groups in total. The fourth-order valence-corrected chi connectivity index (χ4v) is 4.57. The Hall–Kier alpha value is -3.66. The van der Waals surface area contributed by atoms with Crippen LogP contribution in [-0.4, -0.2) is 55.1 Å². The number of imidazole rings is 1. The van der Waals surface area contributed by atoms with Crippen molar-refractivity contribution >= 4 is 17.8 Å². The Morgan fingerprint density at radius 3 is 2.51 bits per heavy atom. The maximum absolute atomic E-state index is 13.3. The van der Waals surface area contributed by atoms with Crippen molar-refractivity contribution < 1.29 is 19.4 Å². The fraction of sp³-hybridized carbons (Fsp3) is 0.481. The molecule has 0 radical (unpaired) electrons. The van der Waals surface area contributed by atoms with Crippen molar-refractivity contribution in [1.82, 2.24) is 25.1 Å². The van der Waals surface area contributed by atoms with E-state index >= 15 is 0 Å². The molecule has 0 spiro atoms. The third kappa shape index (κ3) is 6.56. The summed E-state index contributed by atoms with van der Waals surface area (Å²) < 4.78 is 7.14. The Kier molecular flexibility index (Phi) is 9.09. The highest BCUT2D eigenvalue weighted by Crippen LogP contribution is 2.40. The molecule has 0 fully saturated rings. The number of aromatic nitrogens is 4. The molecule has 200 valence electrons. The van der Waals surface area contributed by atoms with E-state index in [2.05, 4.69) is 25.8 Å². The van der Waals surface area contributed by atoms with Crippen molar-refractivity contribution in [1.29, 1.82) is 0 Å². The third-order valence-corrected chi connectivity index (χ3v) is 6.73. The maximum atomic E-state index is 13.3. The first-order valence-electron chi connectivity index (χ1n) is 12.6. The summed E-state index contributed by atoms with van der Waals surface area (Å²) in [5, 5.41) is 23.7. The van der Waals surface area contributed by atoms with Gasteiger partial charge in [0.1, 0.15) is 11.4 Å². The van der Waals surface area contributed by atoms with E-state index in [1.807, 2.05) is 65.1 Å². The van der Waals surface area contributed by atoms with Gasteiger partial charge in [0.25, 0.3) is 5.91 Å². The highest BCUT2D eigenvalue weighted by Gasteiger charge is 2.54. The summed E-state index contributed by atoms with van der Waals surface area (Å²) in [4.78, 5) is 30.8. The fourth-order valence-electron chi connectivity index (χ4n) is 4.57. The van der Waals surface area contributed by atoms with Gasteiger partial charge in [-0.15, -0.1) is 0 Å². The number of nitrogens with zero attached hydrogens (tertiary/aromatic N) is 3. The van der Waals surface area contributed by atoms with Crippen molar-refractivity contribution in [3.63, 3.8) is 0 Å². The number of nitrogens with one attached hydrogen (secondary N) is 3. The summed E-state index contributed by atoms with van der Waals surface area (Å²) in [5.74, 6) is -0.341. The SMILES string of the molecule is CCCOC(=O)N[C@@](Cn1cnc(-c2ccc(C)cc2)c1)([C@H](O)C(=O)Nc1ccn[nH]1)C(C)(C)CCC. The number of anilines is 1. The van der Waals surface area contributed by atoms with E-state index in [4.69, 9.17) is 4.74 Å². The van der Waals surface area contributed by atoms with Crippen LogP contribution in [-0.2, 0) is 16.1 Å². The molecule has 2 heterocycles. The first-order valence-corrected chi connectivity index (χ1v) is 12.6. The monoisotopic (exact) mass is 510 g/mol. The van der Waals surface area contributed by atoms with Crippen LogP contribution in [0.5, 0.6) is 0 Å². The molecule has 0 aliphatic carbocycles. The number of alkyl carbamates (subject to hydrolysis) is 1. The minimum atomic E-state index is -1.63. The standard InChI is InChI=1S/C27H38N6O4/c1-6-13-26(4,5)27(31-25(36)37-15-7-2,23(34)24(35)30-22-12-14-29-32-22)17-33-16-21(28-18-33)20-10-8-19(3)9-11-20/h8-12,14,16,18,23,34H,6-7,13,15,17H2,1-5H3,(H,31,36)(H2,29,30,32,35)/t23-,27+/m1/s1. The van der Waals surface area contributed by atoms with Gasteiger partial charge >= 0.3 is 6.09 Å². The van der Waals surface area contributed by atoms with E-state index in [0.29, 0.717) is 18.7 Å². The summed E-state index contributed by atoms with van der Waals surface area (Å²) in [7, 11) is 0. The third-order valence-electron chi connectivity index (χ3n) is 6.73. The topological polar surface area (TPSA) is 134 Å². The van der Waals surface area contributed by atoms with Crippen LogP contribution >= 0.6 is 0 Å². The highest BCUT2D eigenvalue weighted by atomic mass is 16.5. The minimum Gasteiger partial charge on any atom is -0.450 e. The van der Waals surface area contributed by atoms with Crippen LogP contribution < -0.4 is 10.6 Å². The van der Waals surface area contributed by atoms with Gasteiger partial charge in [-0.05, 0) is 25.2 Å². The van der Waals surface area contributed by atoms with Gasteiger partial charge in [0.05, 0.1) is 31.4 Å². The van der Waals surface area contributed by atoms with Gasteiger partial charge in [-0.2, -0.15) is 5.10 Å². The molecule has 0 saturated heterocycles. The Morgan fingerprint density at radius 2 is 1.89 bits per heavy atom. The van der Waals surface area contributed by atoms with Crippen molar-refractivity contribution in [2.24, 2.45) is 5.41 Å². The smallest absolute Gasteiger partial charge is 0.407 e. The molecule has 0 unspecified atom stereocenters. The number of aliphatic hydroxyl groups is 1. The number of aryl methyl sites for hydroxylation is 1. The molecule has 3 aromatic rings. The van der Waals surface area contributed by atoms with Crippen LogP contribution in [0.2, 0.25) is 0 Å². The highest BCUT2D eigenvalue weighted by molar-refractivity contribution is 5.94. The number of ether oxygens (including phenoxy) is 1. The number of hydrogen-bond acceptors (Lipinski definition) is 6. The zero-order valence-electron chi connectivity index (χ0n) is 22.2. The van der Waals surface area contributed by atoms with E-state index in [1.165, 1.54) is 6.20 Å². The van der Waals surface area contributed by atoms with E-state index in [0.717, 1.165) is 23.2 Å². The molecule has 0 saturated carbocycles. The number of carbonyl (C=O) groups is 2. The summed E-state index contributed by atoms with van der Waals surface area (Å²) in [6.45, 7) is 10.1. The van der Waals surface area contributed by atoms with E-state index < -0.39 is 29.1 Å². The Labute approximate surface area is 217 Å². The van der Waals surface area contributed by atoms with Gasteiger partial charge in [0, 0.05) is 17.8 Å². The molecule has 2 aromatic heterocycles.